The topological polar surface area (TPSA) is 196 Å². The number of cyclic esters (lactones) is 2. The van der Waals surface area contributed by atoms with Crippen LogP contribution >= 0.6 is 0 Å². The highest BCUT2D eigenvalue weighted by Gasteiger charge is 2.64. The zero-order valence-electron chi connectivity index (χ0n) is 45.4. The normalized spacial score (nSPS) is 27.5. The maximum atomic E-state index is 14.2. The molecular weight excluding hydrogens is 957 g/mol. The Balaban J connectivity index is 0.000000241. The van der Waals surface area contributed by atoms with Gasteiger partial charge in [0.15, 0.2) is 11.2 Å². The minimum absolute atomic E-state index is 0. The smallest absolute Gasteiger partial charge is 0.416 e. The molecule has 4 fully saturated rings. The molecule has 0 bridgehead atoms. The minimum Gasteiger partial charge on any atom is -0.458 e. The third kappa shape index (κ3) is 12.3. The molecule has 75 heavy (non-hydrogen) atoms. The number of carbonyl (C=O) groups is 6. The van der Waals surface area contributed by atoms with Crippen molar-refractivity contribution < 1.29 is 62.7 Å². The van der Waals surface area contributed by atoms with Crippen LogP contribution in [0.25, 0.3) is 0 Å². The first kappa shape index (κ1) is 57.9. The average Bonchev–Trinajstić information content (AvgIpc) is 4.10. The van der Waals surface area contributed by atoms with Gasteiger partial charge in [0.25, 0.3) is 0 Å². The van der Waals surface area contributed by atoms with Gasteiger partial charge in [0, 0.05) is 24.7 Å². The molecule has 15 heteroatoms. The molecule has 0 radical (unpaired) electrons. The number of amides is 4. The molecule has 15 nitrogen and oxygen atoms in total. The lowest BCUT2D eigenvalue weighted by Gasteiger charge is -2.35. The molecule has 4 aromatic carbocycles. The molecule has 4 amide bonds. The van der Waals surface area contributed by atoms with Gasteiger partial charge in [0.1, 0.15) is 24.4 Å². The summed E-state index contributed by atoms with van der Waals surface area (Å²) in [6, 6.07) is 37.2. The number of nitrogens with zero attached hydrogens (tertiary/aromatic N) is 2. The number of benzene rings is 4. The summed E-state index contributed by atoms with van der Waals surface area (Å²) >= 11 is 0. The second-order valence-corrected chi connectivity index (χ2v) is 22.8. The van der Waals surface area contributed by atoms with Crippen LogP contribution in [0.4, 0.5) is 9.59 Å². The third-order valence-electron chi connectivity index (χ3n) is 14.6. The van der Waals surface area contributed by atoms with Crippen molar-refractivity contribution in [3.63, 3.8) is 0 Å². The number of hydrogen-bond acceptors (Lipinski definition) is 12. The van der Waals surface area contributed by atoms with Crippen LogP contribution in [0.2, 0.25) is 0 Å². The standard InChI is InChI=1S/2C30H37NO6.H2O/c2*1-19(2)23-18-35-28(34)31(23)26(32)24-20(3)30(27(33)37-29(4,5)6,17-21-13-9-7-10-14-21)36-25(24)22-15-11-8-12-16-22;/h2*7-16,19-20,23-25H,17-18H2,1-6H3;1H2/t2*20-,23+,24-,25-,30-;/m00./s1. The summed E-state index contributed by atoms with van der Waals surface area (Å²) in [5.74, 6) is -4.57. The van der Waals surface area contributed by atoms with Crippen LogP contribution in [0.15, 0.2) is 121 Å². The SMILES string of the molecule is CC(C)[C@H]1COC(=O)N1C(=O)[C@@H]1[C@H](c2ccccc2)O[C@](Cc2ccccc2)(C(=O)OC(C)(C)C)[C@H]1C.CC(C)[C@H]1COC(=O)N1C(=O)[C@@H]1[C@H](c2ccccc2)O[C@](Cc2ccccc2)(C(=O)OC(C)(C)C)[C@H]1C.O. The Morgan fingerprint density at radius 1 is 0.533 bits per heavy atom. The highest BCUT2D eigenvalue weighted by Crippen LogP contribution is 2.53. The Kier molecular flexibility index (Phi) is 17.9. The van der Waals surface area contributed by atoms with E-state index in [-0.39, 0.29) is 67.3 Å². The van der Waals surface area contributed by atoms with Gasteiger partial charge in [-0.2, -0.15) is 0 Å². The second-order valence-electron chi connectivity index (χ2n) is 22.8. The number of imide groups is 2. The van der Waals surface area contributed by atoms with Crippen LogP contribution in [0.1, 0.15) is 118 Å². The molecule has 4 aromatic rings. The van der Waals surface area contributed by atoms with Gasteiger partial charge in [-0.3, -0.25) is 9.59 Å². The van der Waals surface area contributed by atoms with Gasteiger partial charge in [-0.1, -0.05) is 163 Å². The first-order valence-electron chi connectivity index (χ1n) is 25.9. The van der Waals surface area contributed by atoms with Gasteiger partial charge in [-0.15, -0.1) is 0 Å². The summed E-state index contributed by atoms with van der Waals surface area (Å²) < 4.78 is 35.8. The zero-order chi connectivity index (χ0) is 53.9. The minimum atomic E-state index is -1.44. The van der Waals surface area contributed by atoms with Crippen molar-refractivity contribution in [3.8, 4) is 0 Å². The predicted molar refractivity (Wildman–Crippen MR) is 281 cm³/mol. The van der Waals surface area contributed by atoms with Crippen molar-refractivity contribution in [3.05, 3.63) is 144 Å². The van der Waals surface area contributed by atoms with Crippen molar-refractivity contribution in [2.45, 2.75) is 143 Å². The summed E-state index contributed by atoms with van der Waals surface area (Å²) in [6.45, 7) is 22.7. The van der Waals surface area contributed by atoms with Crippen LogP contribution in [-0.2, 0) is 60.4 Å². The van der Waals surface area contributed by atoms with Crippen LogP contribution in [0, 0.1) is 35.5 Å². The molecule has 2 N–H and O–H groups in total. The molecule has 0 saturated carbocycles. The number of hydrogen-bond donors (Lipinski definition) is 0. The molecule has 4 aliphatic rings. The van der Waals surface area contributed by atoms with Crippen LogP contribution in [0.3, 0.4) is 0 Å². The Bertz CT molecular complexity index is 2440. The molecule has 8 rings (SSSR count). The molecule has 10 atom stereocenters. The lowest BCUT2D eigenvalue weighted by molar-refractivity contribution is -0.186. The fourth-order valence-electron chi connectivity index (χ4n) is 10.7. The number of carbonyl (C=O) groups excluding carboxylic acids is 6. The summed E-state index contributed by atoms with van der Waals surface area (Å²) in [7, 11) is 0. The van der Waals surface area contributed by atoms with Crippen LogP contribution < -0.4 is 0 Å². The highest BCUT2D eigenvalue weighted by atomic mass is 16.6. The molecule has 4 heterocycles. The number of rotatable bonds is 12. The molecule has 0 aromatic heterocycles. The highest BCUT2D eigenvalue weighted by molar-refractivity contribution is 5.97. The van der Waals surface area contributed by atoms with E-state index in [4.69, 9.17) is 28.4 Å². The molecule has 4 saturated heterocycles. The summed E-state index contributed by atoms with van der Waals surface area (Å²) in [5, 5.41) is 0. The quantitative estimate of drug-likeness (QED) is 0.0964. The predicted octanol–water partition coefficient (Wildman–Crippen LogP) is 9.85. The van der Waals surface area contributed by atoms with E-state index in [0.29, 0.717) is 0 Å². The maximum absolute atomic E-state index is 14.2. The zero-order valence-corrected chi connectivity index (χ0v) is 45.4. The third-order valence-corrected chi connectivity index (χ3v) is 14.6. The van der Waals surface area contributed by atoms with E-state index in [1.54, 1.807) is 0 Å². The Morgan fingerprint density at radius 3 is 1.11 bits per heavy atom. The molecule has 0 aliphatic carbocycles. The van der Waals surface area contributed by atoms with E-state index in [1.807, 2.05) is 204 Å². The van der Waals surface area contributed by atoms with E-state index in [9.17, 15) is 28.8 Å². The van der Waals surface area contributed by atoms with E-state index in [1.165, 1.54) is 9.80 Å². The Labute approximate surface area is 441 Å². The van der Waals surface area contributed by atoms with Crippen LogP contribution in [0.5, 0.6) is 0 Å². The summed E-state index contributed by atoms with van der Waals surface area (Å²) in [6.07, 6.45) is -2.34. The molecule has 4 aliphatic heterocycles. The first-order valence-corrected chi connectivity index (χ1v) is 25.9. The fourth-order valence-corrected chi connectivity index (χ4v) is 10.7. The molecular formula is C60H76N2O13. The number of esters is 2. The largest absolute Gasteiger partial charge is 0.458 e. The van der Waals surface area contributed by atoms with E-state index in [2.05, 4.69) is 0 Å². The summed E-state index contributed by atoms with van der Waals surface area (Å²) in [4.78, 5) is 84.3. The van der Waals surface area contributed by atoms with Gasteiger partial charge in [0.2, 0.25) is 11.8 Å². The Hall–Kier alpha value is -6.42. The van der Waals surface area contributed by atoms with Crippen molar-refractivity contribution in [1.29, 1.82) is 0 Å². The molecule has 404 valence electrons. The van der Waals surface area contributed by atoms with Gasteiger partial charge < -0.3 is 33.9 Å². The van der Waals surface area contributed by atoms with E-state index in [0.717, 1.165) is 22.3 Å². The van der Waals surface area contributed by atoms with Gasteiger partial charge in [-0.05, 0) is 75.6 Å². The van der Waals surface area contributed by atoms with Crippen molar-refractivity contribution in [2.75, 3.05) is 13.2 Å². The first-order chi connectivity index (χ1) is 34.9. The molecule has 0 unspecified atom stereocenters. The van der Waals surface area contributed by atoms with Crippen molar-refractivity contribution in [2.24, 2.45) is 35.5 Å². The van der Waals surface area contributed by atoms with Crippen LogP contribution in [-0.4, -0.2) is 98.9 Å². The average molecular weight is 1030 g/mol. The van der Waals surface area contributed by atoms with E-state index < -0.39 is 82.4 Å². The van der Waals surface area contributed by atoms with Gasteiger partial charge >= 0.3 is 24.1 Å². The fraction of sp³-hybridized carbons (Fsp3) is 0.500. The monoisotopic (exact) mass is 1030 g/mol. The van der Waals surface area contributed by atoms with Crippen molar-refractivity contribution in [1.82, 2.24) is 9.80 Å². The Morgan fingerprint density at radius 2 is 0.827 bits per heavy atom. The van der Waals surface area contributed by atoms with Gasteiger partial charge in [-0.25, -0.2) is 29.0 Å². The van der Waals surface area contributed by atoms with Crippen molar-refractivity contribution >= 4 is 35.9 Å². The summed E-state index contributed by atoms with van der Waals surface area (Å²) in [5.41, 5.74) is -1.08. The lowest BCUT2D eigenvalue weighted by atomic mass is 9.75. The molecule has 0 spiro atoms. The number of ether oxygens (including phenoxy) is 6. The second kappa shape index (κ2) is 23.2. The lowest BCUT2D eigenvalue weighted by Crippen LogP contribution is -2.52. The maximum Gasteiger partial charge on any atom is 0.416 e. The van der Waals surface area contributed by atoms with E-state index >= 15 is 0 Å². The van der Waals surface area contributed by atoms with Gasteiger partial charge in [0.05, 0.1) is 36.1 Å².